The van der Waals surface area contributed by atoms with Crippen molar-refractivity contribution in [2.45, 2.75) is 46.1 Å². The molecular formula is C28H30N2. The number of benzene rings is 3. The zero-order chi connectivity index (χ0) is 21.1. The third kappa shape index (κ3) is 4.09. The first-order chi connectivity index (χ1) is 14.5. The first-order valence-corrected chi connectivity index (χ1v) is 10.8. The van der Waals surface area contributed by atoms with Crippen molar-refractivity contribution in [3.05, 3.63) is 101 Å². The average molecular weight is 395 g/mol. The van der Waals surface area contributed by atoms with Crippen LogP contribution in [0.4, 0.5) is 5.69 Å². The molecule has 0 saturated heterocycles. The molecule has 2 nitrogen and oxygen atoms in total. The van der Waals surface area contributed by atoms with Gasteiger partial charge in [-0.25, -0.2) is 0 Å². The van der Waals surface area contributed by atoms with Gasteiger partial charge in [-0.05, 0) is 34.6 Å². The number of nitrogens with zero attached hydrogens (tertiary/aromatic N) is 2. The van der Waals surface area contributed by atoms with Gasteiger partial charge in [-0.1, -0.05) is 94.4 Å². The Labute approximate surface area is 179 Å². The van der Waals surface area contributed by atoms with Gasteiger partial charge in [-0.15, -0.1) is 0 Å². The maximum Gasteiger partial charge on any atom is 0.0699 e. The van der Waals surface area contributed by atoms with E-state index in [-0.39, 0.29) is 0 Å². The van der Waals surface area contributed by atoms with Gasteiger partial charge in [0.05, 0.1) is 5.69 Å². The molecule has 0 fully saturated rings. The molecule has 152 valence electrons. The Kier molecular flexibility index (Phi) is 5.85. The van der Waals surface area contributed by atoms with Gasteiger partial charge in [0.2, 0.25) is 0 Å². The fraction of sp³-hybridized carbons (Fsp3) is 0.250. The highest BCUT2D eigenvalue weighted by Gasteiger charge is 2.13. The maximum absolute atomic E-state index is 5.05. The van der Waals surface area contributed by atoms with Gasteiger partial charge in [-0.2, -0.15) is 0 Å². The van der Waals surface area contributed by atoms with E-state index in [1.54, 1.807) is 0 Å². The van der Waals surface area contributed by atoms with E-state index in [0.29, 0.717) is 11.8 Å². The number of hydrogen-bond acceptors (Lipinski definition) is 1. The summed E-state index contributed by atoms with van der Waals surface area (Å²) in [6.45, 7) is 9.82. The Morgan fingerprint density at radius 2 is 1.40 bits per heavy atom. The standard InChI is InChI=1S/C28H30N2/c1-20(2)24-14-10-15-25(21(3)4)28(24)29-17-23-19-30(18-22-11-6-5-7-12-22)27-16-9-8-13-26(23)27/h5-17,19-21H,18H2,1-4H3. The summed E-state index contributed by atoms with van der Waals surface area (Å²) in [5.41, 5.74) is 7.45. The van der Waals surface area contributed by atoms with Crippen LogP contribution in [-0.2, 0) is 6.54 Å². The molecule has 1 heterocycles. The van der Waals surface area contributed by atoms with Crippen LogP contribution < -0.4 is 0 Å². The second-order valence-electron chi connectivity index (χ2n) is 8.57. The molecule has 0 N–H and O–H groups in total. The lowest BCUT2D eigenvalue weighted by Crippen LogP contribution is -1.97. The summed E-state index contributed by atoms with van der Waals surface area (Å²) in [4.78, 5) is 5.05. The number of aliphatic imine (C=N–C) groups is 1. The molecule has 0 amide bonds. The Hall–Kier alpha value is -3.13. The molecule has 0 atom stereocenters. The Bertz CT molecular complexity index is 1140. The Morgan fingerprint density at radius 3 is 2.07 bits per heavy atom. The van der Waals surface area contributed by atoms with Gasteiger partial charge in [0.1, 0.15) is 0 Å². The van der Waals surface area contributed by atoms with Crippen LogP contribution in [0.5, 0.6) is 0 Å². The number of aromatic nitrogens is 1. The molecule has 0 bridgehead atoms. The summed E-state index contributed by atoms with van der Waals surface area (Å²) < 4.78 is 2.32. The molecule has 0 spiro atoms. The third-order valence-corrected chi connectivity index (χ3v) is 5.69. The van der Waals surface area contributed by atoms with Gasteiger partial charge >= 0.3 is 0 Å². The van der Waals surface area contributed by atoms with E-state index in [2.05, 4.69) is 117 Å². The van der Waals surface area contributed by atoms with Gasteiger partial charge in [0.15, 0.2) is 0 Å². The molecule has 4 rings (SSSR count). The van der Waals surface area contributed by atoms with Crippen LogP contribution >= 0.6 is 0 Å². The van der Waals surface area contributed by atoms with Gasteiger partial charge < -0.3 is 4.57 Å². The first kappa shape index (κ1) is 20.2. The Morgan fingerprint density at radius 1 is 0.767 bits per heavy atom. The number of hydrogen-bond donors (Lipinski definition) is 0. The van der Waals surface area contributed by atoms with Crippen molar-refractivity contribution in [3.63, 3.8) is 0 Å². The lowest BCUT2D eigenvalue weighted by molar-refractivity contribution is 0.834. The molecule has 4 aromatic rings. The van der Waals surface area contributed by atoms with Crippen LogP contribution in [0.15, 0.2) is 84.0 Å². The van der Waals surface area contributed by atoms with Crippen LogP contribution in [0.1, 0.15) is 61.8 Å². The summed E-state index contributed by atoms with van der Waals surface area (Å²) in [5.74, 6) is 0.880. The molecule has 30 heavy (non-hydrogen) atoms. The van der Waals surface area contributed by atoms with Gasteiger partial charge in [0.25, 0.3) is 0 Å². The molecule has 2 heteroatoms. The zero-order valence-electron chi connectivity index (χ0n) is 18.3. The van der Waals surface area contributed by atoms with E-state index in [9.17, 15) is 0 Å². The van der Waals surface area contributed by atoms with Crippen LogP contribution in [-0.4, -0.2) is 10.8 Å². The largest absolute Gasteiger partial charge is 0.342 e. The zero-order valence-corrected chi connectivity index (χ0v) is 18.3. The molecule has 0 aliphatic carbocycles. The van der Waals surface area contributed by atoms with Crippen molar-refractivity contribution in [3.8, 4) is 0 Å². The van der Waals surface area contributed by atoms with Crippen LogP contribution in [0.25, 0.3) is 10.9 Å². The minimum atomic E-state index is 0.440. The van der Waals surface area contributed by atoms with Gasteiger partial charge in [0, 0.05) is 35.4 Å². The minimum absolute atomic E-state index is 0.440. The van der Waals surface area contributed by atoms with E-state index in [1.165, 1.54) is 27.6 Å². The van der Waals surface area contributed by atoms with E-state index in [1.807, 2.05) is 0 Å². The summed E-state index contributed by atoms with van der Waals surface area (Å²) in [7, 11) is 0. The topological polar surface area (TPSA) is 17.3 Å². The van der Waals surface area contributed by atoms with Crippen molar-refractivity contribution in [1.29, 1.82) is 0 Å². The fourth-order valence-electron chi connectivity index (χ4n) is 4.08. The highest BCUT2D eigenvalue weighted by atomic mass is 15.0. The van der Waals surface area contributed by atoms with Crippen molar-refractivity contribution in [1.82, 2.24) is 4.57 Å². The van der Waals surface area contributed by atoms with Gasteiger partial charge in [-0.3, -0.25) is 4.99 Å². The summed E-state index contributed by atoms with van der Waals surface area (Å²) in [6, 6.07) is 25.8. The van der Waals surface area contributed by atoms with Crippen LogP contribution in [0.2, 0.25) is 0 Å². The SMILES string of the molecule is CC(C)c1cccc(C(C)C)c1N=Cc1cn(Cc2ccccc2)c2ccccc12. The smallest absolute Gasteiger partial charge is 0.0699 e. The van der Waals surface area contributed by atoms with E-state index >= 15 is 0 Å². The van der Waals surface area contributed by atoms with E-state index < -0.39 is 0 Å². The molecule has 1 aromatic heterocycles. The quantitative estimate of drug-likeness (QED) is 0.298. The molecule has 0 aliphatic rings. The highest BCUT2D eigenvalue weighted by Crippen LogP contribution is 2.35. The van der Waals surface area contributed by atoms with Crippen LogP contribution in [0, 0.1) is 0 Å². The first-order valence-electron chi connectivity index (χ1n) is 10.8. The fourth-order valence-corrected chi connectivity index (χ4v) is 4.08. The Balaban J connectivity index is 1.78. The molecule has 0 unspecified atom stereocenters. The normalized spacial score (nSPS) is 11.9. The van der Waals surface area contributed by atoms with E-state index in [4.69, 9.17) is 4.99 Å². The second kappa shape index (κ2) is 8.71. The lowest BCUT2D eigenvalue weighted by atomic mass is 9.93. The van der Waals surface area contributed by atoms with Crippen molar-refractivity contribution in [2.24, 2.45) is 4.99 Å². The predicted octanol–water partition coefficient (Wildman–Crippen LogP) is 7.69. The molecule has 0 radical (unpaired) electrons. The molecule has 3 aromatic carbocycles. The molecule has 0 saturated carbocycles. The lowest BCUT2D eigenvalue weighted by Gasteiger charge is -2.16. The predicted molar refractivity (Wildman–Crippen MR) is 129 cm³/mol. The van der Waals surface area contributed by atoms with E-state index in [0.717, 1.165) is 17.8 Å². The minimum Gasteiger partial charge on any atom is -0.342 e. The van der Waals surface area contributed by atoms with Crippen LogP contribution in [0.3, 0.4) is 0 Å². The third-order valence-electron chi connectivity index (χ3n) is 5.69. The summed E-state index contributed by atoms with van der Waals surface area (Å²) in [5, 5.41) is 1.24. The average Bonchev–Trinajstić information content (AvgIpc) is 3.10. The van der Waals surface area contributed by atoms with Crippen molar-refractivity contribution in [2.75, 3.05) is 0 Å². The highest BCUT2D eigenvalue weighted by molar-refractivity contribution is 6.00. The molecular weight excluding hydrogens is 364 g/mol. The summed E-state index contributed by atoms with van der Waals surface area (Å²) >= 11 is 0. The van der Waals surface area contributed by atoms with Crippen molar-refractivity contribution >= 4 is 22.8 Å². The number of rotatable bonds is 6. The van der Waals surface area contributed by atoms with Crippen molar-refractivity contribution < 1.29 is 0 Å². The number of fused-ring (bicyclic) bond motifs is 1. The monoisotopic (exact) mass is 394 g/mol. The summed E-state index contributed by atoms with van der Waals surface area (Å²) in [6.07, 6.45) is 4.28. The number of para-hydroxylation sites is 2. The second-order valence-corrected chi connectivity index (χ2v) is 8.57. The maximum atomic E-state index is 5.05. The molecule has 0 aliphatic heterocycles.